The predicted molar refractivity (Wildman–Crippen MR) is 61.6 cm³/mol. The molecule has 0 bridgehead atoms. The molecule has 1 aliphatic rings. The van der Waals surface area contributed by atoms with E-state index in [9.17, 15) is 0 Å². The fraction of sp³-hybridized carbons (Fsp3) is 0.545. The molecule has 1 atom stereocenters. The van der Waals surface area contributed by atoms with Gasteiger partial charge in [-0.05, 0) is 12.5 Å². The summed E-state index contributed by atoms with van der Waals surface area (Å²) in [5, 5.41) is 0.582. The van der Waals surface area contributed by atoms with Crippen LogP contribution in [0.5, 0.6) is 5.88 Å². The van der Waals surface area contributed by atoms with Gasteiger partial charge in [0.05, 0.1) is 23.9 Å². The second-order valence-corrected chi connectivity index (χ2v) is 4.23. The molecule has 1 aromatic rings. The van der Waals surface area contributed by atoms with Crippen LogP contribution < -0.4 is 10.5 Å². The maximum atomic E-state index is 5.91. The zero-order valence-corrected chi connectivity index (χ0v) is 9.74. The van der Waals surface area contributed by atoms with Gasteiger partial charge >= 0.3 is 0 Å². The minimum absolute atomic E-state index is 0.322. The third-order valence-electron chi connectivity index (χ3n) is 2.58. The molecule has 1 saturated heterocycles. The van der Waals surface area contributed by atoms with Crippen molar-refractivity contribution in [1.82, 2.24) is 4.98 Å². The average molecular weight is 243 g/mol. The minimum atomic E-state index is 0.322. The Morgan fingerprint density at radius 1 is 1.56 bits per heavy atom. The number of rotatable bonds is 4. The molecule has 1 aliphatic heterocycles. The molecule has 16 heavy (non-hydrogen) atoms. The largest absolute Gasteiger partial charge is 0.477 e. The Balaban J connectivity index is 1.93. The van der Waals surface area contributed by atoms with Gasteiger partial charge in [0.1, 0.15) is 0 Å². The van der Waals surface area contributed by atoms with Gasteiger partial charge in [0.15, 0.2) is 0 Å². The molecule has 0 aromatic carbocycles. The van der Waals surface area contributed by atoms with E-state index in [1.54, 1.807) is 12.1 Å². The Morgan fingerprint density at radius 2 is 2.44 bits per heavy atom. The molecule has 0 spiro atoms. The zero-order valence-electron chi connectivity index (χ0n) is 8.99. The summed E-state index contributed by atoms with van der Waals surface area (Å²) in [5.74, 6) is 1.05. The molecule has 0 aliphatic carbocycles. The molecule has 4 nitrogen and oxygen atoms in total. The number of hydrogen-bond acceptors (Lipinski definition) is 4. The number of nitrogens with two attached hydrogens (primary N) is 1. The van der Waals surface area contributed by atoms with Crippen LogP contribution in [-0.2, 0) is 11.3 Å². The van der Waals surface area contributed by atoms with Crippen LogP contribution in [0, 0.1) is 5.92 Å². The summed E-state index contributed by atoms with van der Waals surface area (Å²) < 4.78 is 10.9. The molecule has 88 valence electrons. The Morgan fingerprint density at radius 3 is 3.12 bits per heavy atom. The molecule has 1 fully saturated rings. The lowest BCUT2D eigenvalue weighted by molar-refractivity contribution is 0.165. The highest BCUT2D eigenvalue weighted by Crippen LogP contribution is 2.19. The van der Waals surface area contributed by atoms with E-state index in [0.29, 0.717) is 35.7 Å². The second-order valence-electron chi connectivity index (χ2n) is 3.82. The van der Waals surface area contributed by atoms with E-state index >= 15 is 0 Å². The molecular formula is C11H15ClN2O2. The summed E-state index contributed by atoms with van der Waals surface area (Å²) in [6.45, 7) is 2.56. The summed E-state index contributed by atoms with van der Waals surface area (Å²) in [4.78, 5) is 4.23. The monoisotopic (exact) mass is 242 g/mol. The summed E-state index contributed by atoms with van der Waals surface area (Å²) in [6, 6.07) is 3.52. The summed E-state index contributed by atoms with van der Waals surface area (Å²) >= 11 is 5.91. The van der Waals surface area contributed by atoms with E-state index in [0.717, 1.165) is 19.6 Å². The number of pyridine rings is 1. The van der Waals surface area contributed by atoms with E-state index in [-0.39, 0.29) is 0 Å². The predicted octanol–water partition coefficient (Wildman–Crippen LogP) is 1.61. The van der Waals surface area contributed by atoms with Crippen molar-refractivity contribution in [2.75, 3.05) is 19.8 Å². The number of nitrogens with zero attached hydrogens (tertiary/aromatic N) is 1. The summed E-state index contributed by atoms with van der Waals surface area (Å²) in [6.07, 6.45) is 1.05. The number of aromatic nitrogens is 1. The standard InChI is InChI=1S/C11H15ClN2O2/c12-9-1-2-11(14-10(9)5-13)16-7-8-3-4-15-6-8/h1-2,8H,3-7,13H2. The topological polar surface area (TPSA) is 57.4 Å². The van der Waals surface area contributed by atoms with Crippen LogP contribution in [0.4, 0.5) is 0 Å². The van der Waals surface area contributed by atoms with Gasteiger partial charge in [-0.25, -0.2) is 4.98 Å². The SMILES string of the molecule is NCc1nc(OCC2CCOC2)ccc1Cl. The summed E-state index contributed by atoms with van der Waals surface area (Å²) in [7, 11) is 0. The van der Waals surface area contributed by atoms with E-state index in [1.165, 1.54) is 0 Å². The van der Waals surface area contributed by atoms with E-state index < -0.39 is 0 Å². The summed E-state index contributed by atoms with van der Waals surface area (Å²) in [5.41, 5.74) is 6.18. The van der Waals surface area contributed by atoms with Crippen molar-refractivity contribution in [3.8, 4) is 5.88 Å². The van der Waals surface area contributed by atoms with Gasteiger partial charge in [0, 0.05) is 25.1 Å². The fourth-order valence-corrected chi connectivity index (χ4v) is 1.79. The van der Waals surface area contributed by atoms with Crippen LogP contribution in [0.15, 0.2) is 12.1 Å². The normalized spacial score (nSPS) is 20.0. The van der Waals surface area contributed by atoms with Crippen molar-refractivity contribution in [3.05, 3.63) is 22.8 Å². The lowest BCUT2D eigenvalue weighted by Crippen LogP contribution is -2.13. The number of ether oxygens (including phenoxy) is 2. The third-order valence-corrected chi connectivity index (χ3v) is 2.92. The molecule has 1 aromatic heterocycles. The molecule has 5 heteroatoms. The molecule has 0 amide bonds. The maximum Gasteiger partial charge on any atom is 0.213 e. The van der Waals surface area contributed by atoms with Crippen molar-refractivity contribution < 1.29 is 9.47 Å². The molecule has 1 unspecified atom stereocenters. The zero-order chi connectivity index (χ0) is 11.4. The van der Waals surface area contributed by atoms with Crippen LogP contribution in [-0.4, -0.2) is 24.8 Å². The van der Waals surface area contributed by atoms with Gasteiger partial charge in [0.2, 0.25) is 5.88 Å². The average Bonchev–Trinajstić information content (AvgIpc) is 2.81. The Hall–Kier alpha value is -0.840. The van der Waals surface area contributed by atoms with E-state index in [2.05, 4.69) is 4.98 Å². The lowest BCUT2D eigenvalue weighted by Gasteiger charge is -2.10. The first kappa shape index (κ1) is 11.6. The van der Waals surface area contributed by atoms with Gasteiger partial charge in [-0.2, -0.15) is 0 Å². The number of halogens is 1. The molecule has 2 N–H and O–H groups in total. The first-order valence-corrected chi connectivity index (χ1v) is 5.73. The van der Waals surface area contributed by atoms with Gasteiger partial charge in [0.25, 0.3) is 0 Å². The van der Waals surface area contributed by atoms with E-state index in [4.69, 9.17) is 26.8 Å². The van der Waals surface area contributed by atoms with Gasteiger partial charge < -0.3 is 15.2 Å². The molecule has 2 heterocycles. The van der Waals surface area contributed by atoms with Crippen molar-refractivity contribution in [1.29, 1.82) is 0 Å². The first-order chi connectivity index (χ1) is 7.79. The minimum Gasteiger partial charge on any atom is -0.477 e. The number of hydrogen-bond donors (Lipinski definition) is 1. The van der Waals surface area contributed by atoms with E-state index in [1.807, 2.05) is 0 Å². The highest BCUT2D eigenvalue weighted by molar-refractivity contribution is 6.31. The smallest absolute Gasteiger partial charge is 0.213 e. The van der Waals surface area contributed by atoms with Gasteiger partial charge in [-0.3, -0.25) is 0 Å². The van der Waals surface area contributed by atoms with Crippen LogP contribution in [0.25, 0.3) is 0 Å². The Kier molecular flexibility index (Phi) is 3.98. The lowest BCUT2D eigenvalue weighted by atomic mass is 10.1. The fourth-order valence-electron chi connectivity index (χ4n) is 1.61. The van der Waals surface area contributed by atoms with Gasteiger partial charge in [-0.15, -0.1) is 0 Å². The van der Waals surface area contributed by atoms with Crippen LogP contribution in [0.1, 0.15) is 12.1 Å². The van der Waals surface area contributed by atoms with Crippen LogP contribution in [0.2, 0.25) is 5.02 Å². The Bertz CT molecular complexity index is 354. The van der Waals surface area contributed by atoms with Crippen LogP contribution >= 0.6 is 11.6 Å². The quantitative estimate of drug-likeness (QED) is 0.872. The maximum absolute atomic E-state index is 5.91. The second kappa shape index (κ2) is 5.48. The van der Waals surface area contributed by atoms with Crippen LogP contribution in [0.3, 0.4) is 0 Å². The molecule has 2 rings (SSSR count). The van der Waals surface area contributed by atoms with Crippen molar-refractivity contribution >= 4 is 11.6 Å². The molecule has 0 saturated carbocycles. The molecule has 0 radical (unpaired) electrons. The van der Waals surface area contributed by atoms with Gasteiger partial charge in [-0.1, -0.05) is 11.6 Å². The van der Waals surface area contributed by atoms with Crippen molar-refractivity contribution in [3.63, 3.8) is 0 Å². The van der Waals surface area contributed by atoms with Crippen molar-refractivity contribution in [2.45, 2.75) is 13.0 Å². The first-order valence-electron chi connectivity index (χ1n) is 5.35. The molecular weight excluding hydrogens is 228 g/mol. The Labute approximate surface area is 99.7 Å². The third kappa shape index (κ3) is 2.84. The van der Waals surface area contributed by atoms with Crippen molar-refractivity contribution in [2.24, 2.45) is 11.7 Å². The highest BCUT2D eigenvalue weighted by atomic mass is 35.5. The highest BCUT2D eigenvalue weighted by Gasteiger charge is 2.16.